The van der Waals surface area contributed by atoms with E-state index in [1.807, 2.05) is 0 Å². The summed E-state index contributed by atoms with van der Waals surface area (Å²) in [6.07, 6.45) is 1.73. The first-order valence-electron chi connectivity index (χ1n) is 5.44. The smallest absolute Gasteiger partial charge is 0.157 e. The molecule has 4 nitrogen and oxygen atoms in total. The number of sulfone groups is 1. The Morgan fingerprint density at radius 1 is 1.33 bits per heavy atom. The maximum Gasteiger partial charge on any atom is 0.157 e. The first-order chi connectivity index (χ1) is 6.89. The Morgan fingerprint density at radius 3 is 2.53 bits per heavy atom. The summed E-state index contributed by atoms with van der Waals surface area (Å²) in [4.78, 5) is 2.18. The van der Waals surface area contributed by atoms with Crippen molar-refractivity contribution in [2.24, 2.45) is 0 Å². The average Bonchev–Trinajstić information content (AvgIpc) is 2.12. The van der Waals surface area contributed by atoms with Crippen molar-refractivity contribution in [3.05, 3.63) is 0 Å². The molecule has 90 valence electrons. The molecule has 0 aromatic heterocycles. The van der Waals surface area contributed by atoms with Crippen LogP contribution in [-0.2, 0) is 9.84 Å². The van der Waals surface area contributed by atoms with Gasteiger partial charge in [0.25, 0.3) is 0 Å². The van der Waals surface area contributed by atoms with E-state index in [0.29, 0.717) is 13.1 Å². The van der Waals surface area contributed by atoms with Crippen molar-refractivity contribution in [3.63, 3.8) is 0 Å². The van der Waals surface area contributed by atoms with Crippen molar-refractivity contribution >= 4 is 9.84 Å². The summed E-state index contributed by atoms with van der Waals surface area (Å²) in [5.41, 5.74) is 0. The lowest BCUT2D eigenvalue weighted by atomic mass is 10.1. The van der Waals surface area contributed by atoms with E-state index in [0.717, 1.165) is 19.4 Å². The SMILES string of the molecule is CC1(C)CN(CCCCO)CCS1(=O)=O. The molecule has 0 spiro atoms. The Labute approximate surface area is 92.2 Å². The normalized spacial score (nSPS) is 25.3. The second kappa shape index (κ2) is 4.80. The zero-order valence-corrected chi connectivity index (χ0v) is 10.4. The third-order valence-corrected chi connectivity index (χ3v) is 5.54. The minimum absolute atomic E-state index is 0.218. The summed E-state index contributed by atoms with van der Waals surface area (Å²) < 4.78 is 22.8. The number of nitrogens with zero attached hydrogens (tertiary/aromatic N) is 1. The fourth-order valence-corrected chi connectivity index (χ4v) is 3.31. The van der Waals surface area contributed by atoms with Gasteiger partial charge >= 0.3 is 0 Å². The second-order valence-corrected chi connectivity index (χ2v) is 7.53. The highest BCUT2D eigenvalue weighted by molar-refractivity contribution is 7.92. The predicted molar refractivity (Wildman–Crippen MR) is 60.6 cm³/mol. The quantitative estimate of drug-likeness (QED) is 0.711. The molecule has 0 aromatic rings. The van der Waals surface area contributed by atoms with Crippen LogP contribution in [0.15, 0.2) is 0 Å². The second-order valence-electron chi connectivity index (χ2n) is 4.79. The molecule has 0 atom stereocenters. The van der Waals surface area contributed by atoms with Gasteiger partial charge in [0.05, 0.1) is 10.5 Å². The first kappa shape index (κ1) is 12.9. The van der Waals surface area contributed by atoms with Crippen molar-refractivity contribution in [2.45, 2.75) is 31.4 Å². The Hall–Kier alpha value is -0.130. The highest BCUT2D eigenvalue weighted by Crippen LogP contribution is 2.23. The molecule has 1 rings (SSSR count). The van der Waals surface area contributed by atoms with Gasteiger partial charge in [-0.1, -0.05) is 0 Å². The topological polar surface area (TPSA) is 57.6 Å². The molecule has 0 bridgehead atoms. The minimum atomic E-state index is -2.92. The number of hydrogen-bond donors (Lipinski definition) is 1. The predicted octanol–water partition coefficient (Wildman–Crippen LogP) is 0.268. The molecular weight excluding hydrogens is 214 g/mol. The van der Waals surface area contributed by atoms with Gasteiger partial charge in [0, 0.05) is 19.7 Å². The Morgan fingerprint density at radius 2 is 2.00 bits per heavy atom. The van der Waals surface area contributed by atoms with Crippen molar-refractivity contribution in [1.82, 2.24) is 4.90 Å². The molecule has 15 heavy (non-hydrogen) atoms. The molecule has 0 aliphatic carbocycles. The summed E-state index contributed by atoms with van der Waals surface area (Å²) >= 11 is 0. The van der Waals surface area contributed by atoms with E-state index >= 15 is 0 Å². The molecule has 0 amide bonds. The van der Waals surface area contributed by atoms with Gasteiger partial charge in [-0.05, 0) is 33.2 Å². The van der Waals surface area contributed by atoms with Gasteiger partial charge in [-0.3, -0.25) is 0 Å². The van der Waals surface area contributed by atoms with E-state index in [2.05, 4.69) is 4.90 Å². The maximum atomic E-state index is 11.7. The maximum absolute atomic E-state index is 11.7. The van der Waals surface area contributed by atoms with Crippen LogP contribution in [0, 0.1) is 0 Å². The van der Waals surface area contributed by atoms with Crippen LogP contribution >= 0.6 is 0 Å². The number of aliphatic hydroxyl groups excluding tert-OH is 1. The monoisotopic (exact) mass is 235 g/mol. The summed E-state index contributed by atoms with van der Waals surface area (Å²) in [6.45, 7) is 5.94. The third-order valence-electron chi connectivity index (χ3n) is 3.01. The van der Waals surface area contributed by atoms with Crippen molar-refractivity contribution in [3.8, 4) is 0 Å². The van der Waals surface area contributed by atoms with E-state index in [1.54, 1.807) is 13.8 Å². The van der Waals surface area contributed by atoms with Crippen LogP contribution in [0.25, 0.3) is 0 Å². The molecule has 1 heterocycles. The molecular formula is C10H21NO3S. The highest BCUT2D eigenvalue weighted by Gasteiger charge is 2.39. The molecule has 1 aliphatic rings. The van der Waals surface area contributed by atoms with Gasteiger partial charge in [-0.2, -0.15) is 0 Å². The number of unbranched alkanes of at least 4 members (excludes halogenated alkanes) is 1. The molecule has 0 unspecified atom stereocenters. The summed E-state index contributed by atoms with van der Waals surface area (Å²) in [7, 11) is -2.92. The van der Waals surface area contributed by atoms with E-state index in [-0.39, 0.29) is 12.4 Å². The third kappa shape index (κ3) is 3.16. The van der Waals surface area contributed by atoms with Gasteiger partial charge in [0.2, 0.25) is 0 Å². The van der Waals surface area contributed by atoms with E-state index in [9.17, 15) is 8.42 Å². The number of aliphatic hydroxyl groups is 1. The first-order valence-corrected chi connectivity index (χ1v) is 7.10. The van der Waals surface area contributed by atoms with Gasteiger partial charge in [-0.25, -0.2) is 8.42 Å². The number of rotatable bonds is 4. The van der Waals surface area contributed by atoms with Gasteiger partial charge in [-0.15, -0.1) is 0 Å². The molecule has 0 saturated carbocycles. The fourth-order valence-electron chi connectivity index (χ4n) is 1.88. The van der Waals surface area contributed by atoms with Crippen LogP contribution in [0.2, 0.25) is 0 Å². The molecule has 0 aromatic carbocycles. The van der Waals surface area contributed by atoms with Crippen LogP contribution in [0.4, 0.5) is 0 Å². The molecule has 1 saturated heterocycles. The lowest BCUT2D eigenvalue weighted by Gasteiger charge is -2.37. The van der Waals surface area contributed by atoms with E-state index in [1.165, 1.54) is 0 Å². The molecule has 5 heteroatoms. The van der Waals surface area contributed by atoms with Crippen LogP contribution in [-0.4, -0.2) is 55.2 Å². The van der Waals surface area contributed by atoms with E-state index < -0.39 is 14.6 Å². The van der Waals surface area contributed by atoms with E-state index in [4.69, 9.17) is 5.11 Å². The molecule has 1 fully saturated rings. The Bertz CT molecular complexity index is 298. The van der Waals surface area contributed by atoms with Gasteiger partial charge in [0.1, 0.15) is 0 Å². The lowest BCUT2D eigenvalue weighted by molar-refractivity contribution is 0.227. The zero-order valence-electron chi connectivity index (χ0n) is 9.57. The highest BCUT2D eigenvalue weighted by atomic mass is 32.2. The summed E-state index contributed by atoms with van der Waals surface area (Å²) in [5.74, 6) is 0.263. The van der Waals surface area contributed by atoms with Crippen LogP contribution in [0.5, 0.6) is 0 Å². The Balaban J connectivity index is 2.48. The van der Waals surface area contributed by atoms with Crippen LogP contribution in [0.1, 0.15) is 26.7 Å². The van der Waals surface area contributed by atoms with Crippen LogP contribution in [0.3, 0.4) is 0 Å². The standard InChI is InChI=1S/C10H21NO3S/c1-10(2)9-11(5-3-4-7-12)6-8-15(10,13)14/h12H,3-9H2,1-2H3. The average molecular weight is 235 g/mol. The Kier molecular flexibility index (Phi) is 4.14. The van der Waals surface area contributed by atoms with Crippen molar-refractivity contribution in [1.29, 1.82) is 0 Å². The van der Waals surface area contributed by atoms with Gasteiger partial charge in [0.15, 0.2) is 9.84 Å². The van der Waals surface area contributed by atoms with Crippen LogP contribution < -0.4 is 0 Å². The fraction of sp³-hybridized carbons (Fsp3) is 1.00. The molecule has 0 radical (unpaired) electrons. The lowest BCUT2D eigenvalue weighted by Crippen LogP contribution is -2.52. The minimum Gasteiger partial charge on any atom is -0.396 e. The van der Waals surface area contributed by atoms with Gasteiger partial charge < -0.3 is 10.0 Å². The van der Waals surface area contributed by atoms with Crippen molar-refractivity contribution in [2.75, 3.05) is 32.0 Å². The number of hydrogen-bond acceptors (Lipinski definition) is 4. The largest absolute Gasteiger partial charge is 0.396 e. The zero-order chi connectivity index (χ0) is 11.5. The molecule has 1 aliphatic heterocycles. The summed E-state index contributed by atoms with van der Waals surface area (Å²) in [6, 6.07) is 0. The summed E-state index contributed by atoms with van der Waals surface area (Å²) in [5, 5.41) is 8.67. The molecule has 1 N–H and O–H groups in total. The van der Waals surface area contributed by atoms with Crippen molar-refractivity contribution < 1.29 is 13.5 Å².